The van der Waals surface area contributed by atoms with Crippen LogP contribution in [0.4, 0.5) is 29.3 Å². The van der Waals surface area contributed by atoms with E-state index in [4.69, 9.17) is 5.11 Å². The van der Waals surface area contributed by atoms with Crippen molar-refractivity contribution in [3.8, 4) is 11.3 Å². The molecule has 0 unspecified atom stereocenters. The van der Waals surface area contributed by atoms with Crippen molar-refractivity contribution in [1.29, 1.82) is 0 Å². The third-order valence-corrected chi connectivity index (χ3v) is 5.74. The lowest BCUT2D eigenvalue weighted by atomic mass is 10.1. The molecule has 1 fully saturated rings. The number of alkyl halides is 3. The molecular formula is C25H21F3N4O4. The molecule has 3 N–H and O–H groups in total. The molecule has 1 atom stereocenters. The molecule has 2 aromatic carbocycles. The Balaban J connectivity index is 1.37. The summed E-state index contributed by atoms with van der Waals surface area (Å²) >= 11 is 0. The largest absolute Gasteiger partial charge is 0.478 e. The van der Waals surface area contributed by atoms with Crippen LogP contribution in [0, 0.1) is 0 Å². The molecule has 1 aliphatic rings. The summed E-state index contributed by atoms with van der Waals surface area (Å²) in [6.45, 7) is 0.327. The lowest BCUT2D eigenvalue weighted by Gasteiger charge is -2.24. The van der Waals surface area contributed by atoms with Gasteiger partial charge in [0, 0.05) is 17.8 Å². The Morgan fingerprint density at radius 3 is 2.17 bits per heavy atom. The molecule has 3 amide bonds. The number of carboxylic acid groups (broad SMARTS) is 1. The van der Waals surface area contributed by atoms with Crippen molar-refractivity contribution >= 4 is 29.3 Å². The maximum absolute atomic E-state index is 12.9. The number of likely N-dealkylation sites (tertiary alicyclic amines) is 1. The number of pyridine rings is 1. The Morgan fingerprint density at radius 1 is 0.917 bits per heavy atom. The molecular weight excluding hydrogens is 477 g/mol. The van der Waals surface area contributed by atoms with Crippen molar-refractivity contribution in [2.75, 3.05) is 17.2 Å². The Kier molecular flexibility index (Phi) is 6.91. The quantitative estimate of drug-likeness (QED) is 0.453. The molecule has 1 aromatic heterocycles. The Labute approximate surface area is 203 Å². The van der Waals surface area contributed by atoms with Crippen LogP contribution >= 0.6 is 0 Å². The van der Waals surface area contributed by atoms with E-state index < -0.39 is 35.7 Å². The number of hydrogen-bond donors (Lipinski definition) is 3. The number of anilines is 2. The summed E-state index contributed by atoms with van der Waals surface area (Å²) in [5, 5.41) is 14.3. The zero-order chi connectivity index (χ0) is 25.9. The van der Waals surface area contributed by atoms with Crippen molar-refractivity contribution < 1.29 is 32.7 Å². The predicted molar refractivity (Wildman–Crippen MR) is 125 cm³/mol. The Hall–Kier alpha value is -4.41. The van der Waals surface area contributed by atoms with Gasteiger partial charge in [0.05, 0.1) is 28.7 Å². The lowest BCUT2D eigenvalue weighted by Crippen LogP contribution is -2.45. The van der Waals surface area contributed by atoms with Crippen molar-refractivity contribution in [3.05, 3.63) is 78.0 Å². The summed E-state index contributed by atoms with van der Waals surface area (Å²) < 4.78 is 38.2. The summed E-state index contributed by atoms with van der Waals surface area (Å²) in [6.07, 6.45) is -1.98. The summed E-state index contributed by atoms with van der Waals surface area (Å²) in [5.74, 6) is -1.43. The van der Waals surface area contributed by atoms with Gasteiger partial charge in [-0.05, 0) is 61.4 Å². The number of aromatic carboxylic acids is 1. The van der Waals surface area contributed by atoms with Crippen LogP contribution in [-0.4, -0.2) is 45.5 Å². The minimum absolute atomic E-state index is 0.158. The number of amides is 3. The van der Waals surface area contributed by atoms with Gasteiger partial charge in [0.25, 0.3) is 0 Å². The maximum atomic E-state index is 12.9. The fourth-order valence-corrected chi connectivity index (χ4v) is 3.87. The van der Waals surface area contributed by atoms with Gasteiger partial charge in [-0.2, -0.15) is 13.2 Å². The highest BCUT2D eigenvalue weighted by Crippen LogP contribution is 2.30. The summed E-state index contributed by atoms with van der Waals surface area (Å²) in [7, 11) is 0. The van der Waals surface area contributed by atoms with Crippen LogP contribution < -0.4 is 10.6 Å². The number of rotatable bonds is 5. The number of carbonyl (C=O) groups excluding carboxylic acids is 2. The number of carbonyl (C=O) groups is 3. The summed E-state index contributed by atoms with van der Waals surface area (Å²) in [6, 6.07) is 12.3. The highest BCUT2D eigenvalue weighted by molar-refractivity contribution is 5.99. The van der Waals surface area contributed by atoms with Gasteiger partial charge < -0.3 is 20.6 Å². The van der Waals surface area contributed by atoms with E-state index in [2.05, 4.69) is 15.6 Å². The second-order valence-corrected chi connectivity index (χ2v) is 8.16. The Morgan fingerprint density at radius 2 is 1.58 bits per heavy atom. The molecule has 36 heavy (non-hydrogen) atoms. The fourth-order valence-electron chi connectivity index (χ4n) is 3.87. The summed E-state index contributed by atoms with van der Waals surface area (Å²) in [5.41, 5.74) is 1.24. The lowest BCUT2D eigenvalue weighted by molar-refractivity contribution is -0.137. The van der Waals surface area contributed by atoms with Gasteiger partial charge in [-0.3, -0.25) is 9.78 Å². The van der Waals surface area contributed by atoms with E-state index in [1.165, 1.54) is 23.2 Å². The van der Waals surface area contributed by atoms with E-state index in [0.29, 0.717) is 36.3 Å². The molecule has 4 rings (SSSR count). The SMILES string of the molecule is O=C(O)c1ccc(-c2ccc(NC(=O)[C@@H]3CCCN3C(=O)Nc3ccc(C(F)(F)F)cc3)cn2)cc1. The van der Waals surface area contributed by atoms with E-state index in [1.807, 2.05) is 0 Å². The predicted octanol–water partition coefficient (Wildman–Crippen LogP) is 5.10. The molecule has 186 valence electrons. The number of aromatic nitrogens is 1. The number of nitrogens with one attached hydrogen (secondary N) is 2. The first-order valence-electron chi connectivity index (χ1n) is 11.0. The first-order valence-corrected chi connectivity index (χ1v) is 11.0. The third-order valence-electron chi connectivity index (χ3n) is 5.74. The summed E-state index contributed by atoms with van der Waals surface area (Å²) in [4.78, 5) is 42.2. The number of carboxylic acids is 1. The molecule has 1 saturated heterocycles. The van der Waals surface area contributed by atoms with Crippen LogP contribution in [0.15, 0.2) is 66.9 Å². The van der Waals surface area contributed by atoms with Crippen LogP contribution in [0.1, 0.15) is 28.8 Å². The Bertz CT molecular complexity index is 1260. The monoisotopic (exact) mass is 498 g/mol. The molecule has 1 aliphatic heterocycles. The topological polar surface area (TPSA) is 112 Å². The molecule has 11 heteroatoms. The van der Waals surface area contributed by atoms with Gasteiger partial charge in [-0.1, -0.05) is 12.1 Å². The number of hydrogen-bond acceptors (Lipinski definition) is 4. The molecule has 0 saturated carbocycles. The number of urea groups is 1. The van der Waals surface area contributed by atoms with Gasteiger partial charge in [0.15, 0.2) is 0 Å². The van der Waals surface area contributed by atoms with E-state index in [1.54, 1.807) is 24.3 Å². The molecule has 8 nitrogen and oxygen atoms in total. The molecule has 0 bridgehead atoms. The fraction of sp³-hybridized carbons (Fsp3) is 0.200. The molecule has 2 heterocycles. The number of benzene rings is 2. The molecule has 0 spiro atoms. The van der Waals surface area contributed by atoms with Crippen LogP contribution in [-0.2, 0) is 11.0 Å². The van der Waals surface area contributed by atoms with E-state index >= 15 is 0 Å². The van der Waals surface area contributed by atoms with Crippen LogP contribution in [0.5, 0.6) is 0 Å². The normalized spacial score (nSPS) is 15.4. The van der Waals surface area contributed by atoms with Crippen LogP contribution in [0.25, 0.3) is 11.3 Å². The van der Waals surface area contributed by atoms with Crippen molar-refractivity contribution in [2.24, 2.45) is 0 Å². The van der Waals surface area contributed by atoms with Gasteiger partial charge in [-0.15, -0.1) is 0 Å². The van der Waals surface area contributed by atoms with Gasteiger partial charge in [0.2, 0.25) is 5.91 Å². The van der Waals surface area contributed by atoms with Crippen LogP contribution in [0.2, 0.25) is 0 Å². The smallest absolute Gasteiger partial charge is 0.416 e. The van der Waals surface area contributed by atoms with E-state index in [-0.39, 0.29) is 11.3 Å². The number of halogens is 3. The first-order chi connectivity index (χ1) is 17.1. The molecule has 0 radical (unpaired) electrons. The van der Waals surface area contributed by atoms with Gasteiger partial charge >= 0.3 is 18.2 Å². The van der Waals surface area contributed by atoms with Crippen molar-refractivity contribution in [2.45, 2.75) is 25.1 Å². The zero-order valence-corrected chi connectivity index (χ0v) is 18.7. The average molecular weight is 498 g/mol. The minimum Gasteiger partial charge on any atom is -0.478 e. The third kappa shape index (κ3) is 5.62. The van der Waals surface area contributed by atoms with E-state index in [0.717, 1.165) is 24.3 Å². The van der Waals surface area contributed by atoms with Crippen LogP contribution in [0.3, 0.4) is 0 Å². The van der Waals surface area contributed by atoms with Crippen molar-refractivity contribution in [1.82, 2.24) is 9.88 Å². The minimum atomic E-state index is -4.47. The average Bonchev–Trinajstić information content (AvgIpc) is 3.35. The van der Waals surface area contributed by atoms with Gasteiger partial charge in [0.1, 0.15) is 6.04 Å². The van der Waals surface area contributed by atoms with Gasteiger partial charge in [-0.25, -0.2) is 9.59 Å². The molecule has 3 aromatic rings. The first kappa shape index (κ1) is 24.7. The highest BCUT2D eigenvalue weighted by Gasteiger charge is 2.34. The highest BCUT2D eigenvalue weighted by atomic mass is 19.4. The molecule has 0 aliphatic carbocycles. The standard InChI is InChI=1S/C25H21F3N4O4/c26-25(27,28)17-7-9-18(10-8-17)31-24(36)32-13-1-2-21(32)22(33)30-19-11-12-20(29-14-19)15-3-5-16(6-4-15)23(34)35/h3-12,14,21H,1-2,13H2,(H,30,33)(H,31,36)(H,34,35)/t21-/m0/s1. The second kappa shape index (κ2) is 10.1. The number of nitrogens with zero attached hydrogens (tertiary/aromatic N) is 2. The maximum Gasteiger partial charge on any atom is 0.416 e. The second-order valence-electron chi connectivity index (χ2n) is 8.16. The zero-order valence-electron chi connectivity index (χ0n) is 18.7. The van der Waals surface area contributed by atoms with Crippen molar-refractivity contribution in [3.63, 3.8) is 0 Å². The van der Waals surface area contributed by atoms with E-state index in [9.17, 15) is 27.6 Å².